The molecule has 0 unspecified atom stereocenters. The number of aromatic nitrogens is 1. The minimum atomic E-state index is -0.143. The zero-order valence-corrected chi connectivity index (χ0v) is 11.4. The third-order valence-electron chi connectivity index (χ3n) is 3.29. The summed E-state index contributed by atoms with van der Waals surface area (Å²) in [5, 5.41) is 2.79. The molecule has 1 amide bonds. The van der Waals surface area contributed by atoms with Crippen molar-refractivity contribution in [3.8, 4) is 0 Å². The third kappa shape index (κ3) is 3.92. The molecule has 1 aromatic heterocycles. The number of hydrogen-bond acceptors (Lipinski definition) is 4. The zero-order chi connectivity index (χ0) is 13.5. The molecule has 1 aliphatic heterocycles. The predicted molar refractivity (Wildman–Crippen MR) is 74.5 cm³/mol. The summed E-state index contributed by atoms with van der Waals surface area (Å²) < 4.78 is 4.90. The zero-order valence-electron chi connectivity index (χ0n) is 11.4. The number of carbonyl (C=O) groups excluding carboxylic acids is 1. The molecule has 1 aromatic rings. The van der Waals surface area contributed by atoms with Crippen LogP contribution >= 0.6 is 0 Å². The maximum atomic E-state index is 11.9. The predicted octanol–water partition coefficient (Wildman–Crippen LogP) is 1.45. The molecule has 2 heterocycles. The lowest BCUT2D eigenvalue weighted by Crippen LogP contribution is -2.31. The first-order valence-electron chi connectivity index (χ1n) is 6.79. The maximum absolute atomic E-state index is 11.9. The lowest BCUT2D eigenvalue weighted by Gasteiger charge is -2.28. The van der Waals surface area contributed by atoms with Crippen LogP contribution in [-0.4, -0.2) is 44.2 Å². The van der Waals surface area contributed by atoms with Crippen LogP contribution in [0, 0.1) is 0 Å². The Labute approximate surface area is 114 Å². The van der Waals surface area contributed by atoms with Crippen molar-refractivity contribution in [2.24, 2.45) is 0 Å². The molecule has 0 aromatic carbocycles. The maximum Gasteiger partial charge on any atom is 0.270 e. The van der Waals surface area contributed by atoms with E-state index in [1.165, 1.54) is 19.3 Å². The van der Waals surface area contributed by atoms with Crippen LogP contribution in [0.15, 0.2) is 18.3 Å². The van der Waals surface area contributed by atoms with Gasteiger partial charge in [0.15, 0.2) is 0 Å². The van der Waals surface area contributed by atoms with Crippen molar-refractivity contribution in [1.29, 1.82) is 0 Å². The quantitative estimate of drug-likeness (QED) is 0.817. The first-order valence-corrected chi connectivity index (χ1v) is 6.79. The lowest BCUT2D eigenvalue weighted by atomic mass is 10.1. The summed E-state index contributed by atoms with van der Waals surface area (Å²) in [5.74, 6) is -0.143. The van der Waals surface area contributed by atoms with Gasteiger partial charge in [-0.05, 0) is 31.4 Å². The number of piperidine rings is 1. The van der Waals surface area contributed by atoms with Gasteiger partial charge in [-0.25, -0.2) is 0 Å². The summed E-state index contributed by atoms with van der Waals surface area (Å²) in [6.45, 7) is 3.14. The molecule has 19 heavy (non-hydrogen) atoms. The Morgan fingerprint density at radius 3 is 2.95 bits per heavy atom. The Balaban J connectivity index is 1.99. The van der Waals surface area contributed by atoms with Gasteiger partial charge in [0.1, 0.15) is 5.69 Å². The second-order valence-electron chi connectivity index (χ2n) is 4.70. The van der Waals surface area contributed by atoms with Crippen molar-refractivity contribution in [1.82, 2.24) is 10.3 Å². The van der Waals surface area contributed by atoms with Crippen LogP contribution in [0.25, 0.3) is 0 Å². The molecule has 0 saturated carbocycles. The van der Waals surface area contributed by atoms with Crippen LogP contribution in [0.1, 0.15) is 29.8 Å². The van der Waals surface area contributed by atoms with E-state index in [2.05, 4.69) is 15.2 Å². The number of rotatable bonds is 5. The smallest absolute Gasteiger partial charge is 0.270 e. The normalized spacial score (nSPS) is 15.3. The Kier molecular flexibility index (Phi) is 5.15. The van der Waals surface area contributed by atoms with E-state index >= 15 is 0 Å². The highest BCUT2D eigenvalue weighted by molar-refractivity contribution is 5.93. The van der Waals surface area contributed by atoms with Gasteiger partial charge in [-0.2, -0.15) is 0 Å². The largest absolute Gasteiger partial charge is 0.383 e. The highest BCUT2D eigenvalue weighted by atomic mass is 16.5. The Bertz CT molecular complexity index is 417. The van der Waals surface area contributed by atoms with Crippen LogP contribution in [-0.2, 0) is 4.74 Å². The molecule has 0 spiro atoms. The molecule has 5 heteroatoms. The van der Waals surface area contributed by atoms with E-state index in [9.17, 15) is 4.79 Å². The number of anilines is 1. The van der Waals surface area contributed by atoms with Crippen molar-refractivity contribution < 1.29 is 9.53 Å². The number of ether oxygens (including phenoxy) is 1. The van der Waals surface area contributed by atoms with Gasteiger partial charge in [-0.15, -0.1) is 0 Å². The van der Waals surface area contributed by atoms with E-state index in [1.807, 2.05) is 12.1 Å². The van der Waals surface area contributed by atoms with Crippen molar-refractivity contribution in [2.45, 2.75) is 19.3 Å². The van der Waals surface area contributed by atoms with Crippen molar-refractivity contribution >= 4 is 11.6 Å². The highest BCUT2D eigenvalue weighted by Gasteiger charge is 2.13. The fraction of sp³-hybridized carbons (Fsp3) is 0.571. The van der Waals surface area contributed by atoms with E-state index in [0.29, 0.717) is 18.8 Å². The van der Waals surface area contributed by atoms with E-state index in [1.54, 1.807) is 13.3 Å². The van der Waals surface area contributed by atoms with Gasteiger partial charge in [-0.1, -0.05) is 0 Å². The molecule has 1 saturated heterocycles. The summed E-state index contributed by atoms with van der Waals surface area (Å²) in [7, 11) is 1.61. The fourth-order valence-electron chi connectivity index (χ4n) is 2.25. The number of amides is 1. The van der Waals surface area contributed by atoms with E-state index in [0.717, 1.165) is 18.8 Å². The fourth-order valence-corrected chi connectivity index (χ4v) is 2.25. The van der Waals surface area contributed by atoms with Crippen LogP contribution in [0.3, 0.4) is 0 Å². The first-order chi connectivity index (χ1) is 9.31. The summed E-state index contributed by atoms with van der Waals surface area (Å²) in [6, 6.07) is 3.84. The first kappa shape index (κ1) is 13.8. The molecule has 1 fully saturated rings. The van der Waals surface area contributed by atoms with Crippen LogP contribution < -0.4 is 10.2 Å². The molecule has 0 radical (unpaired) electrons. The molecular weight excluding hydrogens is 242 g/mol. The number of carbonyl (C=O) groups is 1. The van der Waals surface area contributed by atoms with Gasteiger partial charge >= 0.3 is 0 Å². The minimum absolute atomic E-state index is 0.143. The second-order valence-corrected chi connectivity index (χ2v) is 4.70. The molecule has 104 valence electrons. The molecule has 2 rings (SSSR count). The Morgan fingerprint density at radius 2 is 2.21 bits per heavy atom. The third-order valence-corrected chi connectivity index (χ3v) is 3.29. The SMILES string of the molecule is COCCNC(=O)c1cc(N2CCCCC2)ccn1. The molecule has 0 aliphatic carbocycles. The van der Waals surface area contributed by atoms with Gasteiger partial charge in [0.05, 0.1) is 6.61 Å². The summed E-state index contributed by atoms with van der Waals surface area (Å²) in [4.78, 5) is 18.4. The minimum Gasteiger partial charge on any atom is -0.383 e. The number of pyridine rings is 1. The van der Waals surface area contributed by atoms with Crippen molar-refractivity contribution in [3.63, 3.8) is 0 Å². The summed E-state index contributed by atoms with van der Waals surface area (Å²) in [6.07, 6.45) is 5.44. The van der Waals surface area contributed by atoms with Crippen LogP contribution in [0.4, 0.5) is 5.69 Å². The highest BCUT2D eigenvalue weighted by Crippen LogP contribution is 2.19. The standard InChI is InChI=1S/C14H21N3O2/c1-19-10-7-16-14(18)13-11-12(5-6-15-13)17-8-3-2-4-9-17/h5-6,11H,2-4,7-10H2,1H3,(H,16,18). The van der Waals surface area contributed by atoms with Crippen LogP contribution in [0.5, 0.6) is 0 Å². The van der Waals surface area contributed by atoms with Gasteiger partial charge in [0.25, 0.3) is 5.91 Å². The summed E-state index contributed by atoms with van der Waals surface area (Å²) >= 11 is 0. The monoisotopic (exact) mass is 263 g/mol. The average Bonchev–Trinajstić information content (AvgIpc) is 2.48. The number of methoxy groups -OCH3 is 1. The van der Waals surface area contributed by atoms with Crippen molar-refractivity contribution in [3.05, 3.63) is 24.0 Å². The van der Waals surface area contributed by atoms with E-state index in [-0.39, 0.29) is 5.91 Å². The van der Waals surface area contributed by atoms with E-state index < -0.39 is 0 Å². The Hall–Kier alpha value is -1.62. The molecule has 0 bridgehead atoms. The Morgan fingerprint density at radius 1 is 1.42 bits per heavy atom. The number of nitrogens with zero attached hydrogens (tertiary/aromatic N) is 2. The topological polar surface area (TPSA) is 54.5 Å². The molecule has 1 aliphatic rings. The van der Waals surface area contributed by atoms with Gasteiger partial charge in [0.2, 0.25) is 0 Å². The van der Waals surface area contributed by atoms with Crippen molar-refractivity contribution in [2.75, 3.05) is 38.3 Å². The van der Waals surface area contributed by atoms with E-state index in [4.69, 9.17) is 4.74 Å². The molecule has 5 nitrogen and oxygen atoms in total. The number of hydrogen-bond donors (Lipinski definition) is 1. The molecular formula is C14H21N3O2. The van der Waals surface area contributed by atoms with Gasteiger partial charge < -0.3 is 15.0 Å². The lowest BCUT2D eigenvalue weighted by molar-refractivity contribution is 0.0932. The van der Waals surface area contributed by atoms with Gasteiger partial charge in [-0.3, -0.25) is 9.78 Å². The molecule has 0 atom stereocenters. The van der Waals surface area contributed by atoms with Crippen LogP contribution in [0.2, 0.25) is 0 Å². The molecule has 1 N–H and O–H groups in total. The number of nitrogens with one attached hydrogen (secondary N) is 1. The van der Waals surface area contributed by atoms with Gasteiger partial charge in [0, 0.05) is 38.6 Å². The summed E-state index contributed by atoms with van der Waals surface area (Å²) in [5.41, 5.74) is 1.56. The second kappa shape index (κ2) is 7.09. The average molecular weight is 263 g/mol.